The lowest BCUT2D eigenvalue weighted by Gasteiger charge is -2.09. The van der Waals surface area contributed by atoms with Gasteiger partial charge in [-0.2, -0.15) is 0 Å². The highest BCUT2D eigenvalue weighted by molar-refractivity contribution is 6.18. The van der Waals surface area contributed by atoms with Crippen LogP contribution in [0.15, 0.2) is 156 Å². The summed E-state index contributed by atoms with van der Waals surface area (Å²) in [7, 11) is 0. The topological polar surface area (TPSA) is 105 Å². The third-order valence-corrected chi connectivity index (χ3v) is 9.45. The van der Waals surface area contributed by atoms with Crippen LogP contribution in [-0.4, -0.2) is 38.8 Å². The van der Waals surface area contributed by atoms with E-state index in [1.165, 1.54) is 0 Å². The second-order valence-corrected chi connectivity index (χ2v) is 12.9. The molecule has 0 radical (unpaired) electrons. The van der Waals surface area contributed by atoms with Crippen molar-refractivity contribution in [3.8, 4) is 0 Å². The number of carboxylic acids is 1. The standard InChI is InChI=1S/C23H18N2O2.C23H18N2O/c1-15-7-8-18(13-19(15)23(26)27)20-14-21(16-5-3-2-4-6-16)25-22(20)17-9-11-24-12-10-17;1-16-7-8-19(13-20(16)15-26)21-14-22(17-5-3-2-4-6-17)25-23(21)18-9-11-24-12-10-18/h2-13H,14H2,1H3,(H,26,27);2-13,15H,14H2,1H3. The second kappa shape index (κ2) is 15.6. The predicted molar refractivity (Wildman–Crippen MR) is 212 cm³/mol. The van der Waals surface area contributed by atoms with Crippen LogP contribution in [0.1, 0.15) is 78.1 Å². The number of benzene rings is 4. The molecule has 7 heteroatoms. The maximum Gasteiger partial charge on any atom is 0.335 e. The number of aromatic carboxylic acids is 1. The maximum absolute atomic E-state index is 11.6. The summed E-state index contributed by atoms with van der Waals surface area (Å²) < 4.78 is 0. The number of carbonyl (C=O) groups excluding carboxylic acids is 1. The molecule has 7 nitrogen and oxygen atoms in total. The number of aromatic nitrogens is 2. The van der Waals surface area contributed by atoms with Crippen LogP contribution >= 0.6 is 0 Å². The van der Waals surface area contributed by atoms with Crippen molar-refractivity contribution in [3.63, 3.8) is 0 Å². The Morgan fingerprint density at radius 2 is 1.00 bits per heavy atom. The van der Waals surface area contributed by atoms with Crippen molar-refractivity contribution in [2.24, 2.45) is 9.98 Å². The Morgan fingerprint density at radius 1 is 0.547 bits per heavy atom. The van der Waals surface area contributed by atoms with Crippen LogP contribution in [0.25, 0.3) is 22.5 Å². The molecule has 0 bridgehead atoms. The molecule has 2 aromatic heterocycles. The molecule has 0 amide bonds. The Labute approximate surface area is 308 Å². The molecule has 53 heavy (non-hydrogen) atoms. The monoisotopic (exact) mass is 692 g/mol. The Hall–Kier alpha value is -6.86. The Balaban J connectivity index is 0.000000164. The van der Waals surface area contributed by atoms with E-state index in [4.69, 9.17) is 9.98 Å². The molecule has 0 aliphatic carbocycles. The van der Waals surface area contributed by atoms with E-state index in [9.17, 15) is 14.7 Å². The molecule has 4 heterocycles. The lowest BCUT2D eigenvalue weighted by molar-refractivity contribution is 0.0696. The number of rotatable bonds is 8. The van der Waals surface area contributed by atoms with Crippen molar-refractivity contribution < 1.29 is 14.7 Å². The number of pyridine rings is 2. The molecule has 0 unspecified atom stereocenters. The van der Waals surface area contributed by atoms with Gasteiger partial charge in [-0.25, -0.2) is 4.79 Å². The lowest BCUT2D eigenvalue weighted by atomic mass is 9.93. The van der Waals surface area contributed by atoms with Gasteiger partial charge in [0.15, 0.2) is 0 Å². The van der Waals surface area contributed by atoms with Crippen LogP contribution in [0.5, 0.6) is 0 Å². The van der Waals surface area contributed by atoms with Crippen LogP contribution in [0.4, 0.5) is 0 Å². The summed E-state index contributed by atoms with van der Waals surface area (Å²) in [6.45, 7) is 3.76. The van der Waals surface area contributed by atoms with Gasteiger partial charge in [0.05, 0.1) is 28.4 Å². The average molecular weight is 693 g/mol. The summed E-state index contributed by atoms with van der Waals surface area (Å²) in [4.78, 5) is 41.0. The van der Waals surface area contributed by atoms with Crippen molar-refractivity contribution in [1.29, 1.82) is 0 Å². The minimum Gasteiger partial charge on any atom is -0.478 e. The van der Waals surface area contributed by atoms with Gasteiger partial charge in [-0.15, -0.1) is 0 Å². The number of aliphatic imine (C=N–C) groups is 2. The van der Waals surface area contributed by atoms with Gasteiger partial charge in [0.25, 0.3) is 0 Å². The first-order valence-corrected chi connectivity index (χ1v) is 17.3. The zero-order valence-electron chi connectivity index (χ0n) is 29.4. The summed E-state index contributed by atoms with van der Waals surface area (Å²) in [6.07, 6.45) is 9.36. The second-order valence-electron chi connectivity index (χ2n) is 12.9. The summed E-state index contributed by atoms with van der Waals surface area (Å²) in [5.41, 5.74) is 14.9. The van der Waals surface area contributed by atoms with Crippen LogP contribution in [-0.2, 0) is 0 Å². The minimum atomic E-state index is -0.914. The average Bonchev–Trinajstić information content (AvgIpc) is 3.86. The van der Waals surface area contributed by atoms with E-state index < -0.39 is 5.97 Å². The molecule has 6 aromatic rings. The van der Waals surface area contributed by atoms with E-state index in [0.717, 1.165) is 96.7 Å². The van der Waals surface area contributed by atoms with Gasteiger partial charge in [0, 0.05) is 54.3 Å². The molecule has 0 saturated carbocycles. The summed E-state index contributed by atoms with van der Waals surface area (Å²) in [6, 6.07) is 39.7. The number of nitrogens with zero attached hydrogens (tertiary/aromatic N) is 4. The van der Waals surface area contributed by atoms with E-state index in [2.05, 4.69) is 28.2 Å². The van der Waals surface area contributed by atoms with E-state index >= 15 is 0 Å². The van der Waals surface area contributed by atoms with E-state index in [0.29, 0.717) is 12.0 Å². The third-order valence-electron chi connectivity index (χ3n) is 9.45. The first kappa shape index (κ1) is 34.6. The zero-order valence-corrected chi connectivity index (χ0v) is 29.4. The molecular formula is C46H36N4O3. The molecule has 8 rings (SSSR count). The minimum absolute atomic E-state index is 0.322. The van der Waals surface area contributed by atoms with Crippen molar-refractivity contribution in [3.05, 3.63) is 202 Å². The highest BCUT2D eigenvalue weighted by Crippen LogP contribution is 2.39. The molecule has 4 aromatic carbocycles. The molecule has 0 fully saturated rings. The highest BCUT2D eigenvalue weighted by atomic mass is 16.4. The van der Waals surface area contributed by atoms with Crippen LogP contribution in [0, 0.1) is 13.8 Å². The SMILES string of the molecule is Cc1ccc(C2=C(c3ccncc3)N=C(c3ccccc3)C2)cc1C(=O)O.Cc1ccc(C2=C(c3ccncc3)N=C(c3ccccc3)C2)cc1C=O. The first-order chi connectivity index (χ1) is 25.9. The Morgan fingerprint density at radius 3 is 1.45 bits per heavy atom. The highest BCUT2D eigenvalue weighted by Gasteiger charge is 2.24. The van der Waals surface area contributed by atoms with Gasteiger partial charge in [-0.1, -0.05) is 84.9 Å². The van der Waals surface area contributed by atoms with E-state index in [1.807, 2.05) is 111 Å². The van der Waals surface area contributed by atoms with Crippen molar-refractivity contribution in [2.45, 2.75) is 26.7 Å². The summed E-state index contributed by atoms with van der Waals surface area (Å²) in [5.74, 6) is -0.914. The van der Waals surface area contributed by atoms with Gasteiger partial charge < -0.3 is 5.11 Å². The van der Waals surface area contributed by atoms with Gasteiger partial charge in [-0.3, -0.25) is 24.7 Å². The molecule has 2 aliphatic rings. The molecule has 258 valence electrons. The van der Waals surface area contributed by atoms with Gasteiger partial charge >= 0.3 is 5.97 Å². The summed E-state index contributed by atoms with van der Waals surface area (Å²) in [5, 5.41) is 9.49. The lowest BCUT2D eigenvalue weighted by Crippen LogP contribution is -2.02. The summed E-state index contributed by atoms with van der Waals surface area (Å²) >= 11 is 0. The maximum atomic E-state index is 11.6. The third kappa shape index (κ3) is 7.60. The van der Waals surface area contributed by atoms with Gasteiger partial charge in [0.1, 0.15) is 6.29 Å². The normalized spacial score (nSPS) is 13.6. The molecule has 0 saturated heterocycles. The molecule has 2 aliphatic heterocycles. The Bertz CT molecular complexity index is 2430. The number of aldehydes is 1. The van der Waals surface area contributed by atoms with Crippen molar-refractivity contribution in [1.82, 2.24) is 9.97 Å². The zero-order chi connectivity index (χ0) is 36.7. The number of carbonyl (C=O) groups is 2. The fourth-order valence-corrected chi connectivity index (χ4v) is 6.55. The van der Waals surface area contributed by atoms with E-state index in [1.54, 1.807) is 30.9 Å². The van der Waals surface area contributed by atoms with Crippen molar-refractivity contribution in [2.75, 3.05) is 0 Å². The Kier molecular flexibility index (Phi) is 10.2. The molecule has 0 spiro atoms. The van der Waals surface area contributed by atoms with Gasteiger partial charge in [0.2, 0.25) is 0 Å². The number of hydrogen-bond acceptors (Lipinski definition) is 6. The van der Waals surface area contributed by atoms with Crippen LogP contribution in [0.3, 0.4) is 0 Å². The molecule has 0 atom stereocenters. The molecular weight excluding hydrogens is 657 g/mol. The fourth-order valence-electron chi connectivity index (χ4n) is 6.55. The predicted octanol–water partition coefficient (Wildman–Crippen LogP) is 9.81. The van der Waals surface area contributed by atoms with Crippen molar-refractivity contribution >= 4 is 46.2 Å². The smallest absolute Gasteiger partial charge is 0.335 e. The fraction of sp³-hybridized carbons (Fsp3) is 0.0870. The quantitative estimate of drug-likeness (QED) is 0.160. The number of aryl methyl sites for hydroxylation is 2. The van der Waals surface area contributed by atoms with Crippen LogP contribution in [0.2, 0.25) is 0 Å². The van der Waals surface area contributed by atoms with Crippen LogP contribution < -0.4 is 0 Å². The molecule has 1 N–H and O–H groups in total. The van der Waals surface area contributed by atoms with Gasteiger partial charge in [-0.05, 0) is 94.8 Å². The first-order valence-electron chi connectivity index (χ1n) is 17.3. The number of hydrogen-bond donors (Lipinski definition) is 1. The number of allylic oxidation sites excluding steroid dienone is 2. The largest absolute Gasteiger partial charge is 0.478 e. The van der Waals surface area contributed by atoms with E-state index in [-0.39, 0.29) is 0 Å². The number of carboxylic acid groups (broad SMARTS) is 1.